The highest BCUT2D eigenvalue weighted by Crippen LogP contribution is 2.67. The molecule has 0 aromatic carbocycles. The minimum Gasteiger partial charge on any atom is -0.501 e. The van der Waals surface area contributed by atoms with Gasteiger partial charge in [0.05, 0.1) is 12.9 Å². The molecule has 1 nitrogen and oxygen atoms in total. The minimum absolute atomic E-state index is 0.396. The Labute approximate surface area is 180 Å². The predicted octanol–water partition coefficient (Wildman–Crippen LogP) is 8.17. The lowest BCUT2D eigenvalue weighted by molar-refractivity contribution is -0.0465. The molecule has 2 saturated carbocycles. The van der Waals surface area contributed by atoms with Gasteiger partial charge in [-0.2, -0.15) is 0 Å². The summed E-state index contributed by atoms with van der Waals surface area (Å²) >= 11 is 0. The van der Waals surface area contributed by atoms with Crippen molar-refractivity contribution in [2.75, 3.05) is 7.11 Å². The van der Waals surface area contributed by atoms with E-state index in [0.717, 1.165) is 41.9 Å². The van der Waals surface area contributed by atoms with E-state index in [4.69, 9.17) is 4.74 Å². The molecule has 0 aromatic heterocycles. The zero-order valence-corrected chi connectivity index (χ0v) is 20.1. The summed E-state index contributed by atoms with van der Waals surface area (Å²) in [5, 5.41) is 0. The first kappa shape index (κ1) is 21.5. The second kappa shape index (κ2) is 8.08. The molecule has 0 unspecified atom stereocenters. The van der Waals surface area contributed by atoms with Gasteiger partial charge in [0.25, 0.3) is 0 Å². The molecule has 0 radical (unpaired) electrons. The number of hydrogen-bond donors (Lipinski definition) is 0. The third-order valence-electron chi connectivity index (χ3n) is 10.2. The SMILES string of the molecule is COC1=CC2=CC[C@@H]3[C@H]4CC[C@@H]([C@H](C)CCCC(C)C)[C@@]4(C)CC[C@H]3[C@@]2(C)CC1. The first-order chi connectivity index (χ1) is 13.8. The Kier molecular flexibility index (Phi) is 6.00. The zero-order chi connectivity index (χ0) is 20.8. The fourth-order valence-electron chi connectivity index (χ4n) is 8.49. The second-order valence-electron chi connectivity index (χ2n) is 12.0. The van der Waals surface area contributed by atoms with E-state index in [2.05, 4.69) is 46.8 Å². The lowest BCUT2D eigenvalue weighted by Gasteiger charge is -2.57. The molecule has 4 rings (SSSR count). The number of hydrogen-bond acceptors (Lipinski definition) is 1. The molecular formula is C28H46O. The molecular weight excluding hydrogens is 352 g/mol. The summed E-state index contributed by atoms with van der Waals surface area (Å²) in [4.78, 5) is 0. The molecule has 0 spiro atoms. The largest absolute Gasteiger partial charge is 0.501 e. The summed E-state index contributed by atoms with van der Waals surface area (Å²) in [5.74, 6) is 6.71. The van der Waals surface area contributed by atoms with E-state index in [1.54, 1.807) is 5.57 Å². The maximum atomic E-state index is 5.61. The maximum absolute atomic E-state index is 5.61. The van der Waals surface area contributed by atoms with Crippen LogP contribution in [-0.4, -0.2) is 7.11 Å². The van der Waals surface area contributed by atoms with Crippen molar-refractivity contribution in [1.29, 1.82) is 0 Å². The van der Waals surface area contributed by atoms with Gasteiger partial charge in [0, 0.05) is 6.42 Å². The topological polar surface area (TPSA) is 9.23 Å². The van der Waals surface area contributed by atoms with Gasteiger partial charge in [-0.15, -0.1) is 0 Å². The number of ether oxygens (including phenoxy) is 1. The molecule has 164 valence electrons. The average molecular weight is 399 g/mol. The van der Waals surface area contributed by atoms with Gasteiger partial charge in [0.15, 0.2) is 0 Å². The van der Waals surface area contributed by atoms with Crippen molar-refractivity contribution in [2.45, 2.75) is 98.8 Å². The van der Waals surface area contributed by atoms with Crippen LogP contribution >= 0.6 is 0 Å². The Hall–Kier alpha value is -0.720. The lowest BCUT2D eigenvalue weighted by Crippen LogP contribution is -2.49. The van der Waals surface area contributed by atoms with Crippen LogP contribution in [0, 0.1) is 46.3 Å². The highest BCUT2D eigenvalue weighted by atomic mass is 16.5. The number of allylic oxidation sites excluding steroid dienone is 4. The number of rotatable bonds is 6. The van der Waals surface area contributed by atoms with Crippen molar-refractivity contribution in [3.8, 4) is 0 Å². The molecule has 0 saturated heterocycles. The third kappa shape index (κ3) is 3.63. The Morgan fingerprint density at radius 2 is 1.83 bits per heavy atom. The average Bonchev–Trinajstić information content (AvgIpc) is 3.04. The molecule has 2 fully saturated rings. The first-order valence-corrected chi connectivity index (χ1v) is 12.7. The molecule has 0 heterocycles. The van der Waals surface area contributed by atoms with Crippen LogP contribution in [0.1, 0.15) is 98.8 Å². The molecule has 29 heavy (non-hydrogen) atoms. The molecule has 4 aliphatic carbocycles. The molecule has 0 aliphatic heterocycles. The normalized spacial score (nSPS) is 42.4. The monoisotopic (exact) mass is 398 g/mol. The Morgan fingerprint density at radius 3 is 2.55 bits per heavy atom. The zero-order valence-electron chi connectivity index (χ0n) is 20.1. The molecule has 4 aliphatic rings. The Bertz CT molecular complexity index is 657. The summed E-state index contributed by atoms with van der Waals surface area (Å²) in [7, 11) is 1.84. The number of methoxy groups -OCH3 is 1. The van der Waals surface area contributed by atoms with Gasteiger partial charge in [0.1, 0.15) is 0 Å². The molecule has 0 aromatic rings. The minimum atomic E-state index is 0.396. The summed E-state index contributed by atoms with van der Waals surface area (Å²) in [6.45, 7) is 12.6. The van der Waals surface area contributed by atoms with Gasteiger partial charge in [-0.05, 0) is 96.5 Å². The number of fused-ring (bicyclic) bond motifs is 5. The highest BCUT2D eigenvalue weighted by molar-refractivity contribution is 5.35. The fraction of sp³-hybridized carbons (Fsp3) is 0.857. The Morgan fingerprint density at radius 1 is 1.03 bits per heavy atom. The second-order valence-corrected chi connectivity index (χ2v) is 12.0. The molecule has 0 bridgehead atoms. The smallest absolute Gasteiger partial charge is 0.0958 e. The maximum Gasteiger partial charge on any atom is 0.0958 e. The van der Waals surface area contributed by atoms with E-state index in [-0.39, 0.29) is 0 Å². The van der Waals surface area contributed by atoms with E-state index < -0.39 is 0 Å². The lowest BCUT2D eigenvalue weighted by atomic mass is 9.47. The van der Waals surface area contributed by atoms with Gasteiger partial charge in [-0.1, -0.05) is 60.0 Å². The van der Waals surface area contributed by atoms with Crippen molar-refractivity contribution in [1.82, 2.24) is 0 Å². The van der Waals surface area contributed by atoms with Crippen molar-refractivity contribution >= 4 is 0 Å². The van der Waals surface area contributed by atoms with Crippen molar-refractivity contribution in [3.05, 3.63) is 23.5 Å². The summed E-state index contributed by atoms with van der Waals surface area (Å²) in [5.41, 5.74) is 2.59. The van der Waals surface area contributed by atoms with Crippen molar-refractivity contribution in [2.24, 2.45) is 46.3 Å². The van der Waals surface area contributed by atoms with Gasteiger partial charge < -0.3 is 4.74 Å². The first-order valence-electron chi connectivity index (χ1n) is 12.7. The summed E-state index contributed by atoms with van der Waals surface area (Å²) < 4.78 is 5.61. The third-order valence-corrected chi connectivity index (χ3v) is 10.2. The molecule has 7 atom stereocenters. The predicted molar refractivity (Wildman–Crippen MR) is 124 cm³/mol. The van der Waals surface area contributed by atoms with Crippen molar-refractivity contribution < 1.29 is 4.74 Å². The fourth-order valence-corrected chi connectivity index (χ4v) is 8.49. The van der Waals surface area contributed by atoms with Crippen LogP contribution in [0.4, 0.5) is 0 Å². The van der Waals surface area contributed by atoms with Crippen LogP contribution in [0.25, 0.3) is 0 Å². The Balaban J connectivity index is 1.51. The molecule has 0 N–H and O–H groups in total. The molecule has 0 amide bonds. The highest BCUT2D eigenvalue weighted by Gasteiger charge is 2.58. The summed E-state index contributed by atoms with van der Waals surface area (Å²) in [6.07, 6.45) is 19.0. The van der Waals surface area contributed by atoms with E-state index >= 15 is 0 Å². The van der Waals surface area contributed by atoms with E-state index in [0.29, 0.717) is 10.8 Å². The van der Waals surface area contributed by atoms with Crippen LogP contribution in [0.5, 0.6) is 0 Å². The van der Waals surface area contributed by atoms with Crippen molar-refractivity contribution in [3.63, 3.8) is 0 Å². The van der Waals surface area contributed by atoms with Crippen LogP contribution < -0.4 is 0 Å². The molecule has 1 heteroatoms. The van der Waals surface area contributed by atoms with Gasteiger partial charge in [-0.3, -0.25) is 0 Å². The van der Waals surface area contributed by atoms with E-state index in [1.807, 2.05) is 7.11 Å². The van der Waals surface area contributed by atoms with Gasteiger partial charge in [-0.25, -0.2) is 0 Å². The summed E-state index contributed by atoms with van der Waals surface area (Å²) in [6, 6.07) is 0. The van der Waals surface area contributed by atoms with Crippen LogP contribution in [0.2, 0.25) is 0 Å². The van der Waals surface area contributed by atoms with Crippen LogP contribution in [-0.2, 0) is 4.74 Å². The van der Waals surface area contributed by atoms with Crippen LogP contribution in [0.15, 0.2) is 23.5 Å². The van der Waals surface area contributed by atoms with E-state index in [9.17, 15) is 0 Å². The quantitative estimate of drug-likeness (QED) is 0.438. The van der Waals surface area contributed by atoms with Gasteiger partial charge >= 0.3 is 0 Å². The van der Waals surface area contributed by atoms with Crippen LogP contribution in [0.3, 0.4) is 0 Å². The van der Waals surface area contributed by atoms with Gasteiger partial charge in [0.2, 0.25) is 0 Å². The standard InChI is InChI=1S/C28H46O/c1-19(2)8-7-9-20(3)24-12-13-25-23-11-10-21-18-22(29-6)14-16-27(21,4)26(23)15-17-28(24,25)5/h10,18-20,23-26H,7-9,11-17H2,1-6H3/t20-,23-,24+,25-,26-,27+,28-/m1/s1. The van der Waals surface area contributed by atoms with E-state index in [1.165, 1.54) is 63.5 Å².